The van der Waals surface area contributed by atoms with Crippen LogP contribution in [-0.4, -0.2) is 17.3 Å². The normalized spacial score (nSPS) is 10.7. The first-order chi connectivity index (χ1) is 8.33. The van der Waals surface area contributed by atoms with Crippen LogP contribution in [0.25, 0.3) is 11.3 Å². The van der Waals surface area contributed by atoms with E-state index in [-0.39, 0.29) is 0 Å². The van der Waals surface area contributed by atoms with E-state index >= 15 is 0 Å². The van der Waals surface area contributed by atoms with Crippen LogP contribution in [-0.2, 0) is 6.42 Å². The number of hydrogen-bond acceptors (Lipinski definition) is 4. The zero-order valence-corrected chi connectivity index (χ0v) is 11.5. The van der Waals surface area contributed by atoms with Crippen LogP contribution < -0.4 is 5.73 Å². The van der Waals surface area contributed by atoms with Crippen molar-refractivity contribution in [3.8, 4) is 11.3 Å². The van der Waals surface area contributed by atoms with Gasteiger partial charge in [0, 0.05) is 22.3 Å². The first kappa shape index (κ1) is 12.6. The predicted octanol–water partition coefficient (Wildman–Crippen LogP) is 3.42. The molecule has 0 spiro atoms. The van der Waals surface area contributed by atoms with Gasteiger partial charge in [-0.15, -0.1) is 23.1 Å². The number of hydrogen-bond donors (Lipinski definition) is 1. The molecule has 0 fully saturated rings. The summed E-state index contributed by atoms with van der Waals surface area (Å²) in [6, 6.07) is 8.59. The molecule has 2 rings (SSSR count). The van der Waals surface area contributed by atoms with Crippen LogP contribution in [0.2, 0.25) is 0 Å². The van der Waals surface area contributed by atoms with Gasteiger partial charge in [0.05, 0.1) is 10.7 Å². The number of benzene rings is 1. The Morgan fingerprint density at radius 3 is 2.71 bits per heavy atom. The molecule has 0 aliphatic rings. The van der Waals surface area contributed by atoms with E-state index in [0.29, 0.717) is 6.54 Å². The highest BCUT2D eigenvalue weighted by Gasteiger charge is 2.04. The minimum absolute atomic E-state index is 0.666. The Morgan fingerprint density at radius 1 is 1.29 bits per heavy atom. The maximum absolute atomic E-state index is 5.53. The van der Waals surface area contributed by atoms with E-state index in [1.165, 1.54) is 10.5 Å². The maximum atomic E-state index is 5.53. The van der Waals surface area contributed by atoms with Crippen molar-refractivity contribution in [2.24, 2.45) is 5.73 Å². The standard InChI is InChI=1S/C13H16N2S2/c1-2-16-11-5-3-10(4-6-11)12-9-17-13(15-12)7-8-14/h3-6,9H,2,7-8,14H2,1H3. The molecule has 17 heavy (non-hydrogen) atoms. The number of rotatable bonds is 5. The summed E-state index contributed by atoms with van der Waals surface area (Å²) < 4.78 is 0. The molecule has 1 heterocycles. The van der Waals surface area contributed by atoms with Crippen LogP contribution in [0.1, 0.15) is 11.9 Å². The first-order valence-corrected chi connectivity index (χ1v) is 7.57. The molecule has 0 aliphatic carbocycles. The summed E-state index contributed by atoms with van der Waals surface area (Å²) >= 11 is 3.55. The monoisotopic (exact) mass is 264 g/mol. The van der Waals surface area contributed by atoms with Crippen LogP contribution in [0.5, 0.6) is 0 Å². The smallest absolute Gasteiger partial charge is 0.0945 e. The number of nitrogens with zero attached hydrogens (tertiary/aromatic N) is 1. The molecule has 0 aliphatic heterocycles. The molecule has 4 heteroatoms. The third-order valence-corrected chi connectivity index (χ3v) is 4.17. The van der Waals surface area contributed by atoms with Crippen molar-refractivity contribution >= 4 is 23.1 Å². The summed E-state index contributed by atoms with van der Waals surface area (Å²) in [7, 11) is 0. The third-order valence-electron chi connectivity index (χ3n) is 2.37. The molecule has 2 N–H and O–H groups in total. The molecule has 2 aromatic rings. The number of thiazole rings is 1. The molecule has 1 aromatic carbocycles. The Balaban J connectivity index is 2.15. The van der Waals surface area contributed by atoms with Crippen LogP contribution in [0.3, 0.4) is 0 Å². The topological polar surface area (TPSA) is 38.9 Å². The largest absolute Gasteiger partial charge is 0.330 e. The molecule has 2 nitrogen and oxygen atoms in total. The van der Waals surface area contributed by atoms with Crippen molar-refractivity contribution in [1.29, 1.82) is 0 Å². The summed E-state index contributed by atoms with van der Waals surface area (Å²) in [6.07, 6.45) is 0.869. The predicted molar refractivity (Wildman–Crippen MR) is 76.7 cm³/mol. The van der Waals surface area contributed by atoms with Gasteiger partial charge in [-0.05, 0) is 24.4 Å². The van der Waals surface area contributed by atoms with E-state index in [2.05, 4.69) is 41.6 Å². The lowest BCUT2D eigenvalue weighted by Crippen LogP contribution is -2.01. The lowest BCUT2D eigenvalue weighted by atomic mass is 10.2. The molecular formula is C13H16N2S2. The van der Waals surface area contributed by atoms with E-state index in [4.69, 9.17) is 5.73 Å². The summed E-state index contributed by atoms with van der Waals surface area (Å²) in [5.74, 6) is 1.11. The summed E-state index contributed by atoms with van der Waals surface area (Å²) in [5.41, 5.74) is 7.77. The zero-order chi connectivity index (χ0) is 12.1. The van der Waals surface area contributed by atoms with E-state index in [9.17, 15) is 0 Å². The number of thioether (sulfide) groups is 1. The minimum Gasteiger partial charge on any atom is -0.330 e. The second-order valence-electron chi connectivity index (χ2n) is 3.62. The molecule has 0 radical (unpaired) electrons. The van der Waals surface area contributed by atoms with Crippen molar-refractivity contribution < 1.29 is 0 Å². The number of nitrogens with two attached hydrogens (primary N) is 1. The average Bonchev–Trinajstić information content (AvgIpc) is 2.80. The van der Waals surface area contributed by atoms with Gasteiger partial charge in [0.2, 0.25) is 0 Å². The second kappa shape index (κ2) is 6.19. The Hall–Kier alpha value is -0.840. The van der Waals surface area contributed by atoms with E-state index in [1.54, 1.807) is 11.3 Å². The Labute approximate surface area is 110 Å². The maximum Gasteiger partial charge on any atom is 0.0945 e. The van der Waals surface area contributed by atoms with Gasteiger partial charge in [0.1, 0.15) is 0 Å². The summed E-state index contributed by atoms with van der Waals surface area (Å²) in [6.45, 7) is 2.83. The fourth-order valence-corrected chi connectivity index (χ4v) is 3.06. The molecule has 0 bridgehead atoms. The van der Waals surface area contributed by atoms with Gasteiger partial charge in [0.15, 0.2) is 0 Å². The van der Waals surface area contributed by atoms with Crippen LogP contribution in [0, 0.1) is 0 Å². The molecule has 0 amide bonds. The quantitative estimate of drug-likeness (QED) is 0.841. The van der Waals surface area contributed by atoms with Crippen LogP contribution in [0.4, 0.5) is 0 Å². The Bertz CT molecular complexity index is 463. The molecule has 1 aromatic heterocycles. The minimum atomic E-state index is 0.666. The lowest BCUT2D eigenvalue weighted by Gasteiger charge is -2.00. The summed E-state index contributed by atoms with van der Waals surface area (Å²) in [4.78, 5) is 5.89. The molecular weight excluding hydrogens is 248 g/mol. The average molecular weight is 264 g/mol. The van der Waals surface area contributed by atoms with Gasteiger partial charge in [-0.2, -0.15) is 0 Å². The van der Waals surface area contributed by atoms with Gasteiger partial charge in [-0.3, -0.25) is 0 Å². The SMILES string of the molecule is CCSc1ccc(-c2csc(CCN)n2)cc1. The van der Waals surface area contributed by atoms with Crippen molar-refractivity contribution in [1.82, 2.24) is 4.98 Å². The van der Waals surface area contributed by atoms with Crippen LogP contribution >= 0.6 is 23.1 Å². The third kappa shape index (κ3) is 3.31. The van der Waals surface area contributed by atoms with Crippen molar-refractivity contribution in [2.45, 2.75) is 18.2 Å². The van der Waals surface area contributed by atoms with E-state index < -0.39 is 0 Å². The van der Waals surface area contributed by atoms with Crippen molar-refractivity contribution in [2.75, 3.05) is 12.3 Å². The van der Waals surface area contributed by atoms with Crippen molar-refractivity contribution in [3.63, 3.8) is 0 Å². The molecule has 0 unspecified atom stereocenters. The Morgan fingerprint density at radius 2 is 2.06 bits per heavy atom. The fraction of sp³-hybridized carbons (Fsp3) is 0.308. The Kier molecular flexibility index (Phi) is 4.59. The van der Waals surface area contributed by atoms with Gasteiger partial charge < -0.3 is 5.73 Å². The molecule has 0 saturated heterocycles. The fourth-order valence-electron chi connectivity index (χ4n) is 1.57. The molecule has 0 saturated carbocycles. The summed E-state index contributed by atoms with van der Waals surface area (Å²) in [5, 5.41) is 3.22. The number of aromatic nitrogens is 1. The van der Waals surface area contributed by atoms with E-state index in [1.807, 2.05) is 11.8 Å². The van der Waals surface area contributed by atoms with Crippen molar-refractivity contribution in [3.05, 3.63) is 34.7 Å². The highest BCUT2D eigenvalue weighted by molar-refractivity contribution is 7.99. The van der Waals surface area contributed by atoms with E-state index in [0.717, 1.165) is 22.9 Å². The molecule has 90 valence electrons. The zero-order valence-electron chi connectivity index (χ0n) is 9.85. The highest BCUT2D eigenvalue weighted by atomic mass is 32.2. The highest BCUT2D eigenvalue weighted by Crippen LogP contribution is 2.25. The van der Waals surface area contributed by atoms with Gasteiger partial charge >= 0.3 is 0 Å². The van der Waals surface area contributed by atoms with Gasteiger partial charge in [-0.1, -0.05) is 19.1 Å². The van der Waals surface area contributed by atoms with Crippen LogP contribution in [0.15, 0.2) is 34.5 Å². The molecule has 0 atom stereocenters. The second-order valence-corrected chi connectivity index (χ2v) is 5.90. The van der Waals surface area contributed by atoms with Gasteiger partial charge in [0.25, 0.3) is 0 Å². The lowest BCUT2D eigenvalue weighted by molar-refractivity contribution is 0.954. The first-order valence-electron chi connectivity index (χ1n) is 5.71. The van der Waals surface area contributed by atoms with Gasteiger partial charge in [-0.25, -0.2) is 4.98 Å².